The van der Waals surface area contributed by atoms with Crippen molar-refractivity contribution in [1.82, 2.24) is 30.4 Å². The fraction of sp³-hybridized carbons (Fsp3) is 0.667. The molecule has 4 rings (SSSR count). The van der Waals surface area contributed by atoms with Gasteiger partial charge in [0.05, 0.1) is 12.2 Å². The first-order valence-corrected chi connectivity index (χ1v) is 9.46. The van der Waals surface area contributed by atoms with Crippen LogP contribution in [0.3, 0.4) is 0 Å². The summed E-state index contributed by atoms with van der Waals surface area (Å²) in [5.41, 5.74) is 2.74. The van der Waals surface area contributed by atoms with Crippen LogP contribution in [-0.4, -0.2) is 45.3 Å². The van der Waals surface area contributed by atoms with E-state index >= 15 is 0 Å². The van der Waals surface area contributed by atoms with E-state index in [1.807, 2.05) is 4.68 Å². The zero-order chi connectivity index (χ0) is 17.1. The topological polar surface area (TPSA) is 84.7 Å². The van der Waals surface area contributed by atoms with Crippen LogP contribution in [0.4, 0.5) is 0 Å². The van der Waals surface area contributed by atoms with E-state index in [0.717, 1.165) is 36.4 Å². The summed E-state index contributed by atoms with van der Waals surface area (Å²) in [5.74, 6) is 1.14. The van der Waals surface area contributed by atoms with Gasteiger partial charge in [-0.1, -0.05) is 12.8 Å². The lowest BCUT2D eigenvalue weighted by Gasteiger charge is -2.09. The molecule has 0 radical (unpaired) electrons. The van der Waals surface area contributed by atoms with Gasteiger partial charge in [-0.25, -0.2) is 14.6 Å². The van der Waals surface area contributed by atoms with Gasteiger partial charge in [0, 0.05) is 37.8 Å². The number of hydrogen-bond donors (Lipinski definition) is 2. The highest BCUT2D eigenvalue weighted by molar-refractivity contribution is 5.76. The maximum absolute atomic E-state index is 12.1. The van der Waals surface area contributed by atoms with Gasteiger partial charge < -0.3 is 10.6 Å². The molecule has 2 N–H and O–H groups in total. The molecule has 1 atom stereocenters. The molecule has 25 heavy (non-hydrogen) atoms. The van der Waals surface area contributed by atoms with Gasteiger partial charge in [-0.2, -0.15) is 5.10 Å². The third-order valence-electron chi connectivity index (χ3n) is 5.44. The largest absolute Gasteiger partial charge is 0.354 e. The molecule has 0 bridgehead atoms. The van der Waals surface area contributed by atoms with E-state index in [1.165, 1.54) is 25.7 Å². The molecule has 134 valence electrons. The van der Waals surface area contributed by atoms with Gasteiger partial charge in [-0.15, -0.1) is 0 Å². The predicted molar refractivity (Wildman–Crippen MR) is 95.1 cm³/mol. The minimum atomic E-state index is 0.162. The van der Waals surface area contributed by atoms with Gasteiger partial charge in [0.25, 0.3) is 0 Å². The van der Waals surface area contributed by atoms with Gasteiger partial charge >= 0.3 is 0 Å². The minimum absolute atomic E-state index is 0.162. The number of carbonyl (C=O) groups excluding carboxylic acids is 1. The van der Waals surface area contributed by atoms with Crippen LogP contribution in [0, 0.1) is 5.92 Å². The highest BCUT2D eigenvalue weighted by atomic mass is 16.1. The molecule has 0 spiro atoms. The van der Waals surface area contributed by atoms with Gasteiger partial charge in [0.1, 0.15) is 5.52 Å². The van der Waals surface area contributed by atoms with E-state index in [2.05, 4.69) is 20.6 Å². The zero-order valence-electron chi connectivity index (χ0n) is 14.6. The van der Waals surface area contributed by atoms with E-state index in [-0.39, 0.29) is 5.91 Å². The standard InChI is InChI=1S/C18H26N6O/c25-15(11-13-3-1-2-4-13)20-9-10-24-18-17(21-7-8-22-18)16(23-24)14-5-6-19-12-14/h7-8,13-14,19H,1-6,9-12H2,(H,20,25)/t14-/m0/s1. The molecule has 1 saturated carbocycles. The molecule has 2 aromatic rings. The van der Waals surface area contributed by atoms with E-state index < -0.39 is 0 Å². The predicted octanol–water partition coefficient (Wildman–Crippen LogP) is 1.60. The van der Waals surface area contributed by atoms with Crippen LogP contribution in [0.15, 0.2) is 12.4 Å². The molecule has 2 aromatic heterocycles. The summed E-state index contributed by atoms with van der Waals surface area (Å²) in [6.45, 7) is 3.18. The molecular weight excluding hydrogens is 316 g/mol. The van der Waals surface area contributed by atoms with Crippen molar-refractivity contribution in [2.45, 2.75) is 51.0 Å². The Morgan fingerprint density at radius 2 is 2.08 bits per heavy atom. The Bertz CT molecular complexity index is 730. The van der Waals surface area contributed by atoms with Crippen molar-refractivity contribution in [2.24, 2.45) is 5.92 Å². The Labute approximate surface area is 147 Å². The Morgan fingerprint density at radius 3 is 2.88 bits per heavy atom. The molecule has 1 aliphatic carbocycles. The number of amides is 1. The van der Waals surface area contributed by atoms with E-state index in [0.29, 0.717) is 31.3 Å². The summed E-state index contributed by atoms with van der Waals surface area (Å²) in [6, 6.07) is 0. The molecule has 1 saturated heterocycles. The van der Waals surface area contributed by atoms with Crippen molar-refractivity contribution in [1.29, 1.82) is 0 Å². The molecule has 1 aliphatic heterocycles. The Morgan fingerprint density at radius 1 is 1.24 bits per heavy atom. The minimum Gasteiger partial charge on any atom is -0.354 e. The smallest absolute Gasteiger partial charge is 0.220 e. The van der Waals surface area contributed by atoms with E-state index in [9.17, 15) is 4.79 Å². The summed E-state index contributed by atoms with van der Waals surface area (Å²) in [4.78, 5) is 21.0. The number of fused-ring (bicyclic) bond motifs is 1. The van der Waals surface area contributed by atoms with Gasteiger partial charge in [0.2, 0.25) is 5.91 Å². The zero-order valence-corrected chi connectivity index (χ0v) is 14.6. The first-order chi connectivity index (χ1) is 12.3. The second-order valence-electron chi connectivity index (χ2n) is 7.23. The highest BCUT2D eigenvalue weighted by Gasteiger charge is 2.24. The van der Waals surface area contributed by atoms with Crippen molar-refractivity contribution in [3.8, 4) is 0 Å². The number of aromatic nitrogens is 4. The lowest BCUT2D eigenvalue weighted by Crippen LogP contribution is -2.28. The monoisotopic (exact) mass is 342 g/mol. The number of rotatable bonds is 6. The van der Waals surface area contributed by atoms with Crippen molar-refractivity contribution in [3.63, 3.8) is 0 Å². The Hall–Kier alpha value is -2.02. The van der Waals surface area contributed by atoms with Crippen molar-refractivity contribution < 1.29 is 4.79 Å². The van der Waals surface area contributed by atoms with Crippen LogP contribution in [0.5, 0.6) is 0 Å². The molecular formula is C18H26N6O. The fourth-order valence-electron chi connectivity index (χ4n) is 4.09. The number of nitrogens with one attached hydrogen (secondary N) is 2. The molecule has 7 heteroatoms. The third kappa shape index (κ3) is 3.66. The SMILES string of the molecule is O=C(CC1CCCC1)NCCn1nc([C@H]2CCNC2)c2nccnc21. The molecule has 1 amide bonds. The molecule has 0 aromatic carbocycles. The Kier molecular flexibility index (Phi) is 4.92. The van der Waals surface area contributed by atoms with Gasteiger partial charge in [-0.05, 0) is 31.7 Å². The summed E-state index contributed by atoms with van der Waals surface area (Å²) in [7, 11) is 0. The first kappa shape index (κ1) is 16.4. The van der Waals surface area contributed by atoms with Crippen LogP contribution in [-0.2, 0) is 11.3 Å². The van der Waals surface area contributed by atoms with Crippen molar-refractivity contribution in [2.75, 3.05) is 19.6 Å². The summed E-state index contributed by atoms with van der Waals surface area (Å²) >= 11 is 0. The Balaban J connectivity index is 1.40. The number of carbonyl (C=O) groups is 1. The van der Waals surface area contributed by atoms with Crippen LogP contribution in [0.1, 0.15) is 50.1 Å². The summed E-state index contributed by atoms with van der Waals surface area (Å²) < 4.78 is 1.89. The quantitative estimate of drug-likeness (QED) is 0.833. The number of hydrogen-bond acceptors (Lipinski definition) is 5. The molecule has 7 nitrogen and oxygen atoms in total. The van der Waals surface area contributed by atoms with Crippen LogP contribution < -0.4 is 10.6 Å². The van der Waals surface area contributed by atoms with Crippen molar-refractivity contribution >= 4 is 17.1 Å². The maximum atomic E-state index is 12.1. The number of nitrogens with zero attached hydrogens (tertiary/aromatic N) is 4. The lowest BCUT2D eigenvalue weighted by atomic mass is 10.0. The summed E-state index contributed by atoms with van der Waals surface area (Å²) in [5, 5.41) is 11.2. The second-order valence-corrected chi connectivity index (χ2v) is 7.23. The van der Waals surface area contributed by atoms with Crippen LogP contribution >= 0.6 is 0 Å². The van der Waals surface area contributed by atoms with Crippen LogP contribution in [0.2, 0.25) is 0 Å². The second kappa shape index (κ2) is 7.47. The third-order valence-corrected chi connectivity index (χ3v) is 5.44. The molecule has 0 unspecified atom stereocenters. The van der Waals surface area contributed by atoms with Gasteiger partial charge in [0.15, 0.2) is 5.65 Å². The van der Waals surface area contributed by atoms with Gasteiger partial charge in [-0.3, -0.25) is 4.79 Å². The normalized spacial score (nSPS) is 21.2. The highest BCUT2D eigenvalue weighted by Crippen LogP contribution is 2.28. The fourth-order valence-corrected chi connectivity index (χ4v) is 4.09. The lowest BCUT2D eigenvalue weighted by molar-refractivity contribution is -0.122. The average Bonchev–Trinajstić information content (AvgIpc) is 3.36. The summed E-state index contributed by atoms with van der Waals surface area (Å²) in [6.07, 6.45) is 10.1. The van der Waals surface area contributed by atoms with E-state index in [1.54, 1.807) is 12.4 Å². The van der Waals surface area contributed by atoms with Crippen molar-refractivity contribution in [3.05, 3.63) is 18.1 Å². The molecule has 3 heterocycles. The van der Waals surface area contributed by atoms with E-state index in [4.69, 9.17) is 5.10 Å². The molecule has 2 fully saturated rings. The average molecular weight is 342 g/mol. The first-order valence-electron chi connectivity index (χ1n) is 9.46. The van der Waals surface area contributed by atoms with Crippen LogP contribution in [0.25, 0.3) is 11.2 Å². The molecule has 2 aliphatic rings. The maximum Gasteiger partial charge on any atom is 0.220 e.